The summed E-state index contributed by atoms with van der Waals surface area (Å²) in [4.78, 5) is 70.7. The first-order valence-corrected chi connectivity index (χ1v) is 27.9. The van der Waals surface area contributed by atoms with E-state index in [0.29, 0.717) is 36.3 Å². The fraction of sp³-hybridized carbons (Fsp3) is 0.418. The quantitative estimate of drug-likeness (QED) is 0.0400. The van der Waals surface area contributed by atoms with E-state index in [1.807, 2.05) is 85.8 Å². The first kappa shape index (κ1) is 55.2. The van der Waals surface area contributed by atoms with Gasteiger partial charge in [0.2, 0.25) is 23.5 Å². The van der Waals surface area contributed by atoms with Crippen LogP contribution in [0, 0.1) is 24.0 Å². The summed E-state index contributed by atoms with van der Waals surface area (Å²) in [5.74, 6) is -4.73. The number of aliphatic hydroxyl groups excluding tert-OH is 1. The second kappa shape index (κ2) is 23.2. The van der Waals surface area contributed by atoms with Crippen molar-refractivity contribution in [1.29, 1.82) is 0 Å². The highest BCUT2D eigenvalue weighted by Gasteiger charge is 2.45. The maximum atomic E-state index is 15.8. The Bertz CT molecular complexity index is 3250. The molecule has 77 heavy (non-hydrogen) atoms. The first-order valence-electron chi connectivity index (χ1n) is 25.6. The summed E-state index contributed by atoms with van der Waals surface area (Å²) in [6.45, 7) is 8.97. The molecule has 408 valence electrons. The highest BCUT2D eigenvalue weighted by molar-refractivity contribution is 7.90. The zero-order valence-electron chi connectivity index (χ0n) is 43.2. The molecule has 5 N–H and O–H groups in total. The molecule has 0 bridgehead atoms. The Hall–Kier alpha value is -6.56. The molecular formula is C55H62F3N9O8S2. The number of nitrogens with zero attached hydrogens (tertiary/aromatic N) is 5. The number of alkyl halides is 1. The third kappa shape index (κ3) is 12.7. The van der Waals surface area contributed by atoms with Crippen molar-refractivity contribution in [1.82, 2.24) is 39.7 Å². The number of ketones is 1. The Morgan fingerprint density at radius 1 is 0.935 bits per heavy atom. The van der Waals surface area contributed by atoms with Crippen molar-refractivity contribution < 1.29 is 50.6 Å². The van der Waals surface area contributed by atoms with E-state index in [1.54, 1.807) is 29.1 Å². The third-order valence-electron chi connectivity index (χ3n) is 14.3. The molecule has 3 aromatic heterocycles. The molecule has 0 aliphatic carbocycles. The van der Waals surface area contributed by atoms with Crippen LogP contribution in [0.1, 0.15) is 79.2 Å². The maximum absolute atomic E-state index is 15.8. The molecule has 3 saturated heterocycles. The number of pyridine rings is 1. The molecule has 6 aromatic rings. The summed E-state index contributed by atoms with van der Waals surface area (Å²) in [5, 5.41) is 16.8. The number of rotatable bonds is 20. The predicted molar refractivity (Wildman–Crippen MR) is 286 cm³/mol. The van der Waals surface area contributed by atoms with Crippen LogP contribution in [0.25, 0.3) is 32.6 Å². The maximum Gasteiger partial charge on any atom is 0.301 e. The highest BCUT2D eigenvalue weighted by Crippen LogP contribution is 2.32. The number of thiazole rings is 1. The lowest BCUT2D eigenvalue weighted by atomic mass is 9.85. The number of β-amino-alcohol motifs (C(OH)–C–C–N with tert-alkyl or cyclic N) is 1. The van der Waals surface area contributed by atoms with Gasteiger partial charge in [0.1, 0.15) is 29.7 Å². The Balaban J connectivity index is 0.706. The number of hydrogen-bond acceptors (Lipinski definition) is 12. The largest absolute Gasteiger partial charge is 0.391 e. The number of amides is 3. The van der Waals surface area contributed by atoms with Crippen LogP contribution in [0.5, 0.6) is 0 Å². The number of likely N-dealkylation sites (tertiary alicyclic amines) is 2. The lowest BCUT2D eigenvalue weighted by Crippen LogP contribution is -2.60. The number of hydrogen-bond donors (Lipinski definition) is 5. The zero-order valence-corrected chi connectivity index (χ0v) is 44.8. The van der Waals surface area contributed by atoms with Crippen LogP contribution in [0.2, 0.25) is 0 Å². The Kier molecular flexibility index (Phi) is 16.6. The predicted octanol–water partition coefficient (Wildman–Crippen LogP) is 6.70. The summed E-state index contributed by atoms with van der Waals surface area (Å²) in [7, 11) is -4.37. The molecule has 0 saturated carbocycles. The van der Waals surface area contributed by atoms with Crippen molar-refractivity contribution in [3.8, 4) is 21.6 Å². The molecule has 0 unspecified atom stereocenters. The molecule has 6 heterocycles. The van der Waals surface area contributed by atoms with Crippen molar-refractivity contribution in [2.45, 2.75) is 96.8 Å². The van der Waals surface area contributed by atoms with E-state index in [4.69, 9.17) is 4.74 Å². The second-order valence-corrected chi connectivity index (χ2v) is 23.6. The molecule has 3 aromatic carbocycles. The van der Waals surface area contributed by atoms with E-state index >= 15 is 8.78 Å². The number of carbonyl (C=O) groups excluding carboxylic acids is 4. The molecule has 3 amide bonds. The number of unbranched alkanes of at least 4 members (excludes halogenated alkanes) is 1. The van der Waals surface area contributed by atoms with Crippen molar-refractivity contribution >= 4 is 61.8 Å². The number of aliphatic hydroxyl groups is 1. The number of aromatic nitrogens is 3. The van der Waals surface area contributed by atoms with Crippen LogP contribution >= 0.6 is 11.3 Å². The fourth-order valence-electron chi connectivity index (χ4n) is 9.92. The van der Waals surface area contributed by atoms with Crippen LogP contribution in [-0.2, 0) is 42.3 Å². The van der Waals surface area contributed by atoms with Gasteiger partial charge in [-0.25, -0.2) is 23.1 Å². The molecule has 3 fully saturated rings. The fourth-order valence-corrected chi connectivity index (χ4v) is 12.0. The number of fused-ring (bicyclic) bond motifs is 1. The van der Waals surface area contributed by atoms with E-state index in [0.717, 1.165) is 68.5 Å². The minimum absolute atomic E-state index is 0.00841. The first-order chi connectivity index (χ1) is 36.7. The molecule has 0 radical (unpaired) electrons. The summed E-state index contributed by atoms with van der Waals surface area (Å²) < 4.78 is 79.2. The van der Waals surface area contributed by atoms with Gasteiger partial charge in [0, 0.05) is 81.2 Å². The van der Waals surface area contributed by atoms with Crippen LogP contribution in [0.4, 0.5) is 18.9 Å². The van der Waals surface area contributed by atoms with Gasteiger partial charge in [0.05, 0.1) is 46.1 Å². The van der Waals surface area contributed by atoms with Crippen molar-refractivity contribution in [3.63, 3.8) is 0 Å². The molecule has 22 heteroatoms. The van der Waals surface area contributed by atoms with E-state index < -0.39 is 81.1 Å². The van der Waals surface area contributed by atoms with Crippen molar-refractivity contribution in [2.24, 2.45) is 5.41 Å². The van der Waals surface area contributed by atoms with Gasteiger partial charge >= 0.3 is 10.2 Å². The minimum Gasteiger partial charge on any atom is -0.391 e. The summed E-state index contributed by atoms with van der Waals surface area (Å²) >= 11 is 1.56. The van der Waals surface area contributed by atoms with Gasteiger partial charge in [-0.3, -0.25) is 28.8 Å². The average Bonchev–Trinajstić information content (AvgIpc) is 4.22. The van der Waals surface area contributed by atoms with Crippen LogP contribution in [0.15, 0.2) is 84.6 Å². The number of anilines is 1. The molecule has 3 aliphatic rings. The monoisotopic (exact) mass is 1100 g/mol. The number of ether oxygens (including phenoxy) is 1. The Morgan fingerprint density at radius 3 is 2.35 bits per heavy atom. The van der Waals surface area contributed by atoms with E-state index in [2.05, 4.69) is 25.6 Å². The number of benzene rings is 3. The smallest absolute Gasteiger partial charge is 0.301 e. The topological polar surface area (TPSA) is 219 Å². The number of carbonyl (C=O) groups is 4. The Labute approximate surface area is 448 Å². The van der Waals surface area contributed by atoms with Gasteiger partial charge in [0.25, 0.3) is 0 Å². The molecule has 0 spiro atoms. The average molecular weight is 1100 g/mol. The van der Waals surface area contributed by atoms with Gasteiger partial charge < -0.3 is 30.4 Å². The second-order valence-electron chi connectivity index (χ2n) is 21.1. The van der Waals surface area contributed by atoms with Gasteiger partial charge in [0.15, 0.2) is 5.82 Å². The normalized spacial score (nSPS) is 18.9. The number of halogens is 3. The van der Waals surface area contributed by atoms with E-state index in [1.165, 1.54) is 11.1 Å². The number of aromatic amines is 1. The molecule has 17 nitrogen and oxygen atoms in total. The minimum atomic E-state index is -4.37. The molecule has 9 rings (SSSR count). The van der Waals surface area contributed by atoms with Gasteiger partial charge in [-0.1, -0.05) is 69.3 Å². The van der Waals surface area contributed by atoms with Crippen LogP contribution < -0.4 is 15.4 Å². The standard InChI is InChI=1S/C55H62F3N9O8S2/c1-32-50(76-31-62-32)36-14-10-34(11-15-36)23-61-53(71)45-22-39(68)27-67(45)54(72)51(55(2,3)4)63-46(69)30-65-28-40(29-65)75-20-6-5-7-33-8-12-35(13-9-33)37-21-41-42(25-60-52(41)59-24-37)49(70)47-43(57)16-17-44(48(47)58)64-77(73,74)66-19-18-38(56)26-66/h8-17,21,24-25,31,38-40,45,51,64,68H,5-7,18-20,22-23,26-30H2,1-4H3,(H,59,60)(H,61,71)(H,63,69)/t38-,39-,45+,51-/m1/s1. The summed E-state index contributed by atoms with van der Waals surface area (Å²) in [5.41, 5.74) is 5.16. The number of nitrogens with one attached hydrogen (secondary N) is 4. The summed E-state index contributed by atoms with van der Waals surface area (Å²) in [6, 6.07) is 17.2. The van der Waals surface area contributed by atoms with E-state index in [-0.39, 0.29) is 62.5 Å². The van der Waals surface area contributed by atoms with Crippen LogP contribution in [0.3, 0.4) is 0 Å². The van der Waals surface area contributed by atoms with Gasteiger partial charge in [-0.15, -0.1) is 11.3 Å². The third-order valence-corrected chi connectivity index (χ3v) is 16.7. The Morgan fingerprint density at radius 2 is 1.66 bits per heavy atom. The number of H-pyrrole nitrogens is 1. The highest BCUT2D eigenvalue weighted by atomic mass is 32.2. The summed E-state index contributed by atoms with van der Waals surface area (Å²) in [6.07, 6.45) is 3.16. The zero-order chi connectivity index (χ0) is 54.8. The molecule has 3 aliphatic heterocycles. The number of aryl methyl sites for hydroxylation is 2. The van der Waals surface area contributed by atoms with E-state index in [9.17, 15) is 37.1 Å². The SMILES string of the molecule is Cc1ncsc1-c1ccc(CNC(=O)[C@@H]2C[C@@H](O)CN2C(=O)[C@@H](NC(=O)CN2CC(OCCCCc3ccc(-c4cnc5[nH]cc(C(=O)c6c(F)ccc(NS(=O)(=O)N7CC[C@@H](F)C7)c6F)c5c4)cc3)C2)C(C)(C)C)cc1. The van der Waals surface area contributed by atoms with Gasteiger partial charge in [-0.05, 0) is 78.5 Å². The van der Waals surface area contributed by atoms with Crippen molar-refractivity contribution in [2.75, 3.05) is 50.6 Å². The van der Waals surface area contributed by atoms with Crippen LogP contribution in [-0.4, -0.2) is 142 Å². The van der Waals surface area contributed by atoms with Gasteiger partial charge in [-0.2, -0.15) is 12.7 Å². The molecule has 4 atom stereocenters. The lowest BCUT2D eigenvalue weighted by Gasteiger charge is -2.39. The molecular weight excluding hydrogens is 1040 g/mol. The lowest BCUT2D eigenvalue weighted by molar-refractivity contribution is -0.144. The van der Waals surface area contributed by atoms with Crippen molar-refractivity contribution in [3.05, 3.63) is 124 Å².